The Kier molecular flexibility index (Phi) is 4.24. The lowest BCUT2D eigenvalue weighted by molar-refractivity contribution is -0.122. The SMILES string of the molecule is CN[C@H](C)C(=O)NCc1ccc(F)cc1. The zero-order chi connectivity index (χ0) is 11.3. The molecule has 4 heteroatoms. The molecule has 1 amide bonds. The standard InChI is InChI=1S/C11H15FN2O/c1-8(13-2)11(15)14-7-9-3-5-10(12)6-4-9/h3-6,8,13H,7H2,1-2H3,(H,14,15)/t8-/m1/s1. The van der Waals surface area contributed by atoms with Gasteiger partial charge in [0.25, 0.3) is 0 Å². The highest BCUT2D eigenvalue weighted by Gasteiger charge is 2.08. The molecule has 0 fully saturated rings. The van der Waals surface area contributed by atoms with Gasteiger partial charge in [0.05, 0.1) is 6.04 Å². The lowest BCUT2D eigenvalue weighted by Gasteiger charge is -2.10. The van der Waals surface area contributed by atoms with Crippen LogP contribution in [-0.2, 0) is 11.3 Å². The molecule has 0 bridgehead atoms. The molecule has 0 radical (unpaired) electrons. The summed E-state index contributed by atoms with van der Waals surface area (Å²) in [6.07, 6.45) is 0. The molecule has 15 heavy (non-hydrogen) atoms. The van der Waals surface area contributed by atoms with Gasteiger partial charge in [0.2, 0.25) is 5.91 Å². The maximum atomic E-state index is 12.6. The van der Waals surface area contributed by atoms with Crippen LogP contribution in [0.4, 0.5) is 4.39 Å². The summed E-state index contributed by atoms with van der Waals surface area (Å²) in [5.74, 6) is -0.338. The van der Waals surface area contributed by atoms with Crippen molar-refractivity contribution >= 4 is 5.91 Å². The zero-order valence-corrected chi connectivity index (χ0v) is 8.88. The van der Waals surface area contributed by atoms with Crippen molar-refractivity contribution in [3.63, 3.8) is 0 Å². The fourth-order valence-corrected chi connectivity index (χ4v) is 1.08. The van der Waals surface area contributed by atoms with Crippen LogP contribution in [0, 0.1) is 5.82 Å². The van der Waals surface area contributed by atoms with Gasteiger partial charge in [-0.3, -0.25) is 4.79 Å². The fourth-order valence-electron chi connectivity index (χ4n) is 1.08. The Bertz CT molecular complexity index is 324. The first kappa shape index (κ1) is 11.7. The number of hydrogen-bond donors (Lipinski definition) is 2. The average Bonchev–Trinajstić information content (AvgIpc) is 2.26. The Morgan fingerprint density at radius 3 is 2.53 bits per heavy atom. The molecule has 0 aliphatic carbocycles. The summed E-state index contributed by atoms with van der Waals surface area (Å²) in [7, 11) is 1.72. The molecule has 1 atom stereocenters. The number of carbonyl (C=O) groups is 1. The van der Waals surface area contributed by atoms with Gasteiger partial charge < -0.3 is 10.6 Å². The molecule has 1 rings (SSSR count). The van der Waals surface area contributed by atoms with Gasteiger partial charge in [-0.05, 0) is 31.7 Å². The van der Waals surface area contributed by atoms with Gasteiger partial charge >= 0.3 is 0 Å². The number of amides is 1. The lowest BCUT2D eigenvalue weighted by atomic mass is 10.2. The summed E-state index contributed by atoms with van der Waals surface area (Å²) in [6.45, 7) is 2.20. The molecular weight excluding hydrogens is 195 g/mol. The van der Waals surface area contributed by atoms with E-state index in [0.29, 0.717) is 6.54 Å². The van der Waals surface area contributed by atoms with E-state index in [4.69, 9.17) is 0 Å². The number of likely N-dealkylation sites (N-methyl/N-ethyl adjacent to an activating group) is 1. The number of carbonyl (C=O) groups excluding carboxylic acids is 1. The number of halogens is 1. The Morgan fingerprint density at radius 1 is 1.40 bits per heavy atom. The third-order valence-corrected chi connectivity index (χ3v) is 2.21. The molecule has 0 heterocycles. The molecule has 1 aromatic rings. The first-order valence-corrected chi connectivity index (χ1v) is 4.83. The maximum Gasteiger partial charge on any atom is 0.237 e. The van der Waals surface area contributed by atoms with Crippen LogP contribution in [0.25, 0.3) is 0 Å². The predicted molar refractivity (Wildman–Crippen MR) is 56.8 cm³/mol. The monoisotopic (exact) mass is 210 g/mol. The molecule has 82 valence electrons. The van der Waals surface area contributed by atoms with Crippen molar-refractivity contribution in [1.29, 1.82) is 0 Å². The normalized spacial score (nSPS) is 12.2. The second kappa shape index (κ2) is 5.46. The molecular formula is C11H15FN2O. The first-order valence-electron chi connectivity index (χ1n) is 4.83. The summed E-state index contributed by atoms with van der Waals surface area (Å²) >= 11 is 0. The maximum absolute atomic E-state index is 12.6. The van der Waals surface area contributed by atoms with Crippen molar-refractivity contribution < 1.29 is 9.18 Å². The Morgan fingerprint density at radius 2 is 2.00 bits per heavy atom. The van der Waals surface area contributed by atoms with Crippen LogP contribution in [0.5, 0.6) is 0 Å². The third kappa shape index (κ3) is 3.67. The average molecular weight is 210 g/mol. The van der Waals surface area contributed by atoms with Crippen molar-refractivity contribution in [2.45, 2.75) is 19.5 Å². The first-order chi connectivity index (χ1) is 7.13. The van der Waals surface area contributed by atoms with Gasteiger partial charge in [-0.15, -0.1) is 0 Å². The van der Waals surface area contributed by atoms with E-state index < -0.39 is 0 Å². The Labute approximate surface area is 88.7 Å². The second-order valence-corrected chi connectivity index (χ2v) is 3.35. The van der Waals surface area contributed by atoms with E-state index in [9.17, 15) is 9.18 Å². The number of hydrogen-bond acceptors (Lipinski definition) is 2. The number of benzene rings is 1. The quantitative estimate of drug-likeness (QED) is 0.780. The Hall–Kier alpha value is -1.42. The molecule has 0 spiro atoms. The van der Waals surface area contributed by atoms with E-state index in [1.54, 1.807) is 26.1 Å². The third-order valence-electron chi connectivity index (χ3n) is 2.21. The van der Waals surface area contributed by atoms with Crippen LogP contribution in [0.2, 0.25) is 0 Å². The molecule has 3 nitrogen and oxygen atoms in total. The van der Waals surface area contributed by atoms with Crippen molar-refractivity contribution in [2.24, 2.45) is 0 Å². The van der Waals surface area contributed by atoms with Gasteiger partial charge in [0.15, 0.2) is 0 Å². The van der Waals surface area contributed by atoms with Crippen LogP contribution in [0.3, 0.4) is 0 Å². The summed E-state index contributed by atoms with van der Waals surface area (Å²) in [5, 5.41) is 5.58. The molecule has 2 N–H and O–H groups in total. The van der Waals surface area contributed by atoms with Gasteiger partial charge in [0.1, 0.15) is 5.82 Å². The van der Waals surface area contributed by atoms with Crippen molar-refractivity contribution in [3.8, 4) is 0 Å². The van der Waals surface area contributed by atoms with Crippen LogP contribution >= 0.6 is 0 Å². The highest BCUT2D eigenvalue weighted by atomic mass is 19.1. The number of rotatable bonds is 4. The second-order valence-electron chi connectivity index (χ2n) is 3.35. The minimum atomic E-state index is -0.270. The minimum Gasteiger partial charge on any atom is -0.351 e. The molecule has 0 saturated heterocycles. The smallest absolute Gasteiger partial charge is 0.237 e. The van der Waals surface area contributed by atoms with E-state index in [1.165, 1.54) is 12.1 Å². The highest BCUT2D eigenvalue weighted by molar-refractivity contribution is 5.81. The van der Waals surface area contributed by atoms with E-state index in [-0.39, 0.29) is 17.8 Å². The van der Waals surface area contributed by atoms with Crippen molar-refractivity contribution in [3.05, 3.63) is 35.6 Å². The van der Waals surface area contributed by atoms with E-state index >= 15 is 0 Å². The summed E-state index contributed by atoms with van der Waals surface area (Å²) < 4.78 is 12.6. The summed E-state index contributed by atoms with van der Waals surface area (Å²) in [4.78, 5) is 11.4. The predicted octanol–water partition coefficient (Wildman–Crippen LogP) is 1.05. The molecule has 0 unspecified atom stereocenters. The van der Waals surface area contributed by atoms with E-state index in [1.807, 2.05) is 0 Å². The van der Waals surface area contributed by atoms with Gasteiger partial charge in [0, 0.05) is 6.54 Å². The number of nitrogens with one attached hydrogen (secondary N) is 2. The lowest BCUT2D eigenvalue weighted by Crippen LogP contribution is -2.39. The summed E-state index contributed by atoms with van der Waals surface area (Å²) in [5.41, 5.74) is 0.882. The molecule has 0 aliphatic rings. The largest absolute Gasteiger partial charge is 0.351 e. The van der Waals surface area contributed by atoms with Crippen LogP contribution in [0.1, 0.15) is 12.5 Å². The topological polar surface area (TPSA) is 41.1 Å². The van der Waals surface area contributed by atoms with Crippen LogP contribution < -0.4 is 10.6 Å². The zero-order valence-electron chi connectivity index (χ0n) is 8.88. The van der Waals surface area contributed by atoms with Crippen LogP contribution in [0.15, 0.2) is 24.3 Å². The highest BCUT2D eigenvalue weighted by Crippen LogP contribution is 2.01. The van der Waals surface area contributed by atoms with Crippen molar-refractivity contribution in [2.75, 3.05) is 7.05 Å². The molecule has 0 saturated carbocycles. The Balaban J connectivity index is 2.43. The van der Waals surface area contributed by atoms with E-state index in [0.717, 1.165) is 5.56 Å². The van der Waals surface area contributed by atoms with E-state index in [2.05, 4.69) is 10.6 Å². The molecule has 0 aromatic heterocycles. The minimum absolute atomic E-state index is 0.0678. The van der Waals surface area contributed by atoms with Gasteiger partial charge in [-0.2, -0.15) is 0 Å². The van der Waals surface area contributed by atoms with Gasteiger partial charge in [-0.1, -0.05) is 12.1 Å². The fraction of sp³-hybridized carbons (Fsp3) is 0.364. The van der Waals surface area contributed by atoms with Crippen molar-refractivity contribution in [1.82, 2.24) is 10.6 Å². The van der Waals surface area contributed by atoms with Crippen LogP contribution in [-0.4, -0.2) is 19.0 Å². The molecule has 1 aromatic carbocycles. The van der Waals surface area contributed by atoms with Gasteiger partial charge in [-0.25, -0.2) is 4.39 Å². The summed E-state index contributed by atoms with van der Waals surface area (Å²) in [6, 6.07) is 5.84. The molecule has 0 aliphatic heterocycles.